The first-order valence-corrected chi connectivity index (χ1v) is 6.77. The fourth-order valence-corrected chi connectivity index (χ4v) is 2.99. The second kappa shape index (κ2) is 5.32. The zero-order valence-electron chi connectivity index (χ0n) is 9.36. The first-order chi connectivity index (χ1) is 7.72. The maximum atomic E-state index is 12.2. The highest BCUT2D eigenvalue weighted by atomic mass is 79.9. The second-order valence-electron chi connectivity index (χ2n) is 4.63. The van der Waals surface area contributed by atoms with Crippen LogP contribution in [0.3, 0.4) is 0 Å². The lowest BCUT2D eigenvalue weighted by Crippen LogP contribution is -2.41. The third-order valence-corrected chi connectivity index (χ3v) is 4.30. The number of nitrogens with zero attached hydrogens (tertiary/aromatic N) is 1. The van der Waals surface area contributed by atoms with Gasteiger partial charge in [0.15, 0.2) is 0 Å². The van der Waals surface area contributed by atoms with Gasteiger partial charge in [0, 0.05) is 12.5 Å². The molecule has 2 atom stereocenters. The van der Waals surface area contributed by atoms with Crippen molar-refractivity contribution in [3.05, 3.63) is 10.6 Å². The third kappa shape index (κ3) is 2.48. The molecule has 2 aliphatic rings. The largest absolute Gasteiger partial charge is 0.394 e. The van der Waals surface area contributed by atoms with Crippen molar-refractivity contribution in [1.29, 1.82) is 0 Å². The number of halogens is 1. The van der Waals surface area contributed by atoms with Crippen LogP contribution in [0.1, 0.15) is 32.1 Å². The number of amides is 1. The molecule has 90 valence electrons. The van der Waals surface area contributed by atoms with Crippen molar-refractivity contribution in [3.63, 3.8) is 0 Å². The average Bonchev–Trinajstić information content (AvgIpc) is 2.77. The molecule has 1 aliphatic heterocycles. The van der Waals surface area contributed by atoms with E-state index < -0.39 is 0 Å². The van der Waals surface area contributed by atoms with Crippen LogP contribution >= 0.6 is 15.9 Å². The Morgan fingerprint density at radius 3 is 3.00 bits per heavy atom. The Hall–Kier alpha value is -0.350. The van der Waals surface area contributed by atoms with Gasteiger partial charge in [0.05, 0.1) is 12.6 Å². The minimum absolute atomic E-state index is 0.0712. The van der Waals surface area contributed by atoms with Gasteiger partial charge in [-0.25, -0.2) is 0 Å². The van der Waals surface area contributed by atoms with E-state index in [2.05, 4.69) is 22.0 Å². The molecule has 1 aliphatic carbocycles. The van der Waals surface area contributed by atoms with Gasteiger partial charge < -0.3 is 10.0 Å². The van der Waals surface area contributed by atoms with E-state index in [1.165, 1.54) is 4.48 Å². The molecule has 0 spiro atoms. The summed E-state index contributed by atoms with van der Waals surface area (Å²) in [6, 6.07) is 0.0712. The molecule has 0 aromatic rings. The van der Waals surface area contributed by atoms with E-state index in [1.807, 2.05) is 4.90 Å². The van der Waals surface area contributed by atoms with Gasteiger partial charge in [-0.3, -0.25) is 4.79 Å². The quantitative estimate of drug-likeness (QED) is 0.845. The maximum Gasteiger partial charge on any atom is 0.226 e. The normalized spacial score (nSPS) is 30.4. The monoisotopic (exact) mass is 287 g/mol. The lowest BCUT2D eigenvalue weighted by molar-refractivity contribution is -0.137. The summed E-state index contributed by atoms with van der Waals surface area (Å²) in [6.45, 7) is 0.934. The van der Waals surface area contributed by atoms with E-state index in [1.54, 1.807) is 0 Å². The van der Waals surface area contributed by atoms with Crippen LogP contribution < -0.4 is 0 Å². The minimum atomic E-state index is 0.0712. The van der Waals surface area contributed by atoms with Crippen LogP contribution in [-0.4, -0.2) is 35.1 Å². The van der Waals surface area contributed by atoms with Gasteiger partial charge in [0.2, 0.25) is 5.91 Å². The van der Waals surface area contributed by atoms with Crippen LogP contribution in [0.4, 0.5) is 0 Å². The average molecular weight is 288 g/mol. The van der Waals surface area contributed by atoms with Gasteiger partial charge in [-0.15, -0.1) is 0 Å². The number of hydrogen-bond acceptors (Lipinski definition) is 2. The second-order valence-corrected chi connectivity index (χ2v) is 5.65. The number of allylic oxidation sites excluding steroid dienone is 2. The van der Waals surface area contributed by atoms with Crippen molar-refractivity contribution in [2.24, 2.45) is 5.92 Å². The topological polar surface area (TPSA) is 40.5 Å². The van der Waals surface area contributed by atoms with Crippen molar-refractivity contribution in [2.75, 3.05) is 13.2 Å². The molecule has 3 nitrogen and oxygen atoms in total. The molecule has 0 aromatic carbocycles. The summed E-state index contributed by atoms with van der Waals surface area (Å²) in [5.74, 6) is 0.376. The van der Waals surface area contributed by atoms with Crippen molar-refractivity contribution < 1.29 is 9.90 Å². The summed E-state index contributed by atoms with van der Waals surface area (Å²) in [5.41, 5.74) is 0. The Kier molecular flexibility index (Phi) is 4.03. The molecule has 2 rings (SSSR count). The van der Waals surface area contributed by atoms with Crippen LogP contribution in [0.15, 0.2) is 10.6 Å². The van der Waals surface area contributed by atoms with Crippen LogP contribution in [-0.2, 0) is 4.79 Å². The van der Waals surface area contributed by atoms with Crippen molar-refractivity contribution in [3.8, 4) is 0 Å². The van der Waals surface area contributed by atoms with Crippen LogP contribution in [0.5, 0.6) is 0 Å². The van der Waals surface area contributed by atoms with Gasteiger partial charge in [-0.05, 0) is 36.6 Å². The van der Waals surface area contributed by atoms with Gasteiger partial charge in [-0.1, -0.05) is 22.0 Å². The minimum Gasteiger partial charge on any atom is -0.394 e. The molecule has 1 amide bonds. The predicted octanol–water partition coefficient (Wildman–Crippen LogP) is 2.05. The number of hydrogen-bond donors (Lipinski definition) is 1. The van der Waals surface area contributed by atoms with Gasteiger partial charge in [0.1, 0.15) is 0 Å². The van der Waals surface area contributed by atoms with Crippen molar-refractivity contribution in [2.45, 2.75) is 38.1 Å². The molecule has 1 saturated heterocycles. The molecular formula is C12H18BrNO2. The molecular weight excluding hydrogens is 270 g/mol. The Bertz CT molecular complexity index is 303. The van der Waals surface area contributed by atoms with Crippen molar-refractivity contribution >= 4 is 21.8 Å². The number of aliphatic hydroxyl groups is 1. The smallest absolute Gasteiger partial charge is 0.226 e. The molecule has 0 saturated carbocycles. The highest BCUT2D eigenvalue weighted by molar-refractivity contribution is 9.11. The van der Waals surface area contributed by atoms with E-state index in [0.717, 1.165) is 38.6 Å². The number of carbonyl (C=O) groups excluding carboxylic acids is 1. The molecule has 1 heterocycles. The van der Waals surface area contributed by atoms with E-state index in [-0.39, 0.29) is 24.5 Å². The first kappa shape index (κ1) is 12.1. The lowest BCUT2D eigenvalue weighted by atomic mass is 9.93. The summed E-state index contributed by atoms with van der Waals surface area (Å²) in [5, 5.41) is 9.21. The molecule has 0 aromatic heterocycles. The molecule has 1 N–H and O–H groups in total. The lowest BCUT2D eigenvalue weighted by Gasteiger charge is -2.28. The van der Waals surface area contributed by atoms with Crippen molar-refractivity contribution in [1.82, 2.24) is 4.90 Å². The van der Waals surface area contributed by atoms with Crippen LogP contribution in [0.2, 0.25) is 0 Å². The standard InChI is InChI=1S/C12H18BrNO2/c13-10-5-3-9(4-6-10)12(16)14-7-1-2-11(14)8-15/h5,9,11,15H,1-4,6-8H2/t9?,11-/m0/s1. The van der Waals surface area contributed by atoms with Gasteiger partial charge >= 0.3 is 0 Å². The summed E-state index contributed by atoms with van der Waals surface area (Å²) >= 11 is 3.47. The number of aliphatic hydroxyl groups excluding tert-OH is 1. The van der Waals surface area contributed by atoms with E-state index >= 15 is 0 Å². The Balaban J connectivity index is 1.97. The summed E-state index contributed by atoms with van der Waals surface area (Å²) in [4.78, 5) is 14.1. The van der Waals surface area contributed by atoms with Crippen LogP contribution in [0.25, 0.3) is 0 Å². The fraction of sp³-hybridized carbons (Fsp3) is 0.750. The number of carbonyl (C=O) groups is 1. The molecule has 1 unspecified atom stereocenters. The number of rotatable bonds is 2. The highest BCUT2D eigenvalue weighted by Crippen LogP contribution is 2.30. The maximum absolute atomic E-state index is 12.2. The summed E-state index contributed by atoms with van der Waals surface area (Å²) < 4.78 is 1.22. The first-order valence-electron chi connectivity index (χ1n) is 5.98. The fourth-order valence-electron chi connectivity index (χ4n) is 2.58. The molecule has 16 heavy (non-hydrogen) atoms. The molecule has 0 radical (unpaired) electrons. The van der Waals surface area contributed by atoms with E-state index in [4.69, 9.17) is 0 Å². The third-order valence-electron chi connectivity index (χ3n) is 3.58. The predicted molar refractivity (Wildman–Crippen MR) is 66.2 cm³/mol. The Morgan fingerprint density at radius 2 is 2.38 bits per heavy atom. The van der Waals surface area contributed by atoms with Crippen LogP contribution in [0, 0.1) is 5.92 Å². The SMILES string of the molecule is O=C(C1CC=C(Br)CC1)N1CCC[C@H]1CO. The van der Waals surface area contributed by atoms with E-state index in [0.29, 0.717) is 0 Å². The van der Waals surface area contributed by atoms with E-state index in [9.17, 15) is 9.90 Å². The Morgan fingerprint density at radius 1 is 1.56 bits per heavy atom. The number of likely N-dealkylation sites (tertiary alicyclic amines) is 1. The van der Waals surface area contributed by atoms with Gasteiger partial charge in [-0.2, -0.15) is 0 Å². The summed E-state index contributed by atoms with van der Waals surface area (Å²) in [7, 11) is 0. The molecule has 1 fully saturated rings. The van der Waals surface area contributed by atoms with Gasteiger partial charge in [0.25, 0.3) is 0 Å². The zero-order chi connectivity index (χ0) is 11.5. The Labute approximate surface area is 105 Å². The molecule has 4 heteroatoms. The molecule has 0 bridgehead atoms. The summed E-state index contributed by atoms with van der Waals surface area (Å²) in [6.07, 6.45) is 6.83. The highest BCUT2D eigenvalue weighted by Gasteiger charge is 2.32. The zero-order valence-corrected chi connectivity index (χ0v) is 10.9.